The second-order valence-electron chi connectivity index (χ2n) is 3.10. The van der Waals surface area contributed by atoms with Crippen LogP contribution in [0.25, 0.3) is 0 Å². The molecule has 0 aliphatic heterocycles. The number of amides is 1. The Hall–Kier alpha value is -1.41. The van der Waals surface area contributed by atoms with Crippen molar-refractivity contribution in [2.45, 2.75) is 19.4 Å². The van der Waals surface area contributed by atoms with Gasteiger partial charge in [0, 0.05) is 19.2 Å². The molecule has 1 aromatic rings. The van der Waals surface area contributed by atoms with E-state index in [1.54, 1.807) is 0 Å². The summed E-state index contributed by atoms with van der Waals surface area (Å²) in [7, 11) is 0. The van der Waals surface area contributed by atoms with Crippen molar-refractivity contribution in [2.75, 3.05) is 0 Å². The van der Waals surface area contributed by atoms with Crippen LogP contribution in [0.3, 0.4) is 0 Å². The zero-order valence-electron chi connectivity index (χ0n) is 8.33. The molecule has 0 saturated carbocycles. The molecule has 8 heteroatoms. The van der Waals surface area contributed by atoms with Gasteiger partial charge in [0.1, 0.15) is 0 Å². The maximum absolute atomic E-state index is 11.3. The molecule has 4 N–H and O–H groups in total. The van der Waals surface area contributed by atoms with Crippen LogP contribution in [0.1, 0.15) is 12.8 Å². The topological polar surface area (TPSA) is 110 Å². The molecule has 0 unspecified atom stereocenters. The zero-order chi connectivity index (χ0) is 12.1. The van der Waals surface area contributed by atoms with Gasteiger partial charge in [0.05, 0.1) is 4.47 Å². The number of hydrogen-bond donors (Lipinski definition) is 3. The monoisotopic (exact) mass is 290 g/mol. The van der Waals surface area contributed by atoms with Gasteiger partial charge in [-0.2, -0.15) is 0 Å². The van der Waals surface area contributed by atoms with E-state index in [0.717, 1.165) is 0 Å². The van der Waals surface area contributed by atoms with Gasteiger partial charge in [-0.15, -0.1) is 0 Å². The van der Waals surface area contributed by atoms with Crippen LogP contribution < -0.4 is 22.5 Å². The Kier molecular flexibility index (Phi) is 4.44. The molecule has 88 valence electrons. The fourth-order valence-electron chi connectivity index (χ4n) is 1.13. The lowest BCUT2D eigenvalue weighted by Crippen LogP contribution is -2.32. The summed E-state index contributed by atoms with van der Waals surface area (Å²) in [5.74, 6) is 4.61. The first kappa shape index (κ1) is 12.7. The minimum Gasteiger partial charge on any atom is -0.299 e. The second-order valence-corrected chi connectivity index (χ2v) is 3.96. The van der Waals surface area contributed by atoms with Gasteiger partial charge in [-0.1, -0.05) is 0 Å². The Balaban J connectivity index is 2.68. The molecule has 0 aliphatic rings. The van der Waals surface area contributed by atoms with Crippen molar-refractivity contribution in [3.8, 4) is 0 Å². The number of nitrogens with zero attached hydrogens (tertiary/aromatic N) is 1. The number of halogens is 1. The molecule has 0 aromatic carbocycles. The van der Waals surface area contributed by atoms with E-state index >= 15 is 0 Å². The van der Waals surface area contributed by atoms with E-state index in [9.17, 15) is 14.4 Å². The molecule has 1 aromatic heterocycles. The molecule has 0 fully saturated rings. The number of rotatable bonds is 4. The highest BCUT2D eigenvalue weighted by molar-refractivity contribution is 9.10. The average Bonchev–Trinajstić information content (AvgIpc) is 2.25. The maximum atomic E-state index is 11.3. The van der Waals surface area contributed by atoms with Gasteiger partial charge in [0.25, 0.3) is 5.56 Å². The molecule has 1 rings (SSSR count). The number of H-pyrrole nitrogens is 1. The summed E-state index contributed by atoms with van der Waals surface area (Å²) in [5, 5.41) is 0. The summed E-state index contributed by atoms with van der Waals surface area (Å²) >= 11 is 3.01. The first-order valence-corrected chi connectivity index (χ1v) is 5.32. The molecule has 7 nitrogen and oxygen atoms in total. The average molecular weight is 291 g/mol. The van der Waals surface area contributed by atoms with E-state index < -0.39 is 11.2 Å². The molecule has 0 saturated heterocycles. The summed E-state index contributed by atoms with van der Waals surface area (Å²) in [6.07, 6.45) is 2.07. The van der Waals surface area contributed by atoms with E-state index in [1.165, 1.54) is 10.8 Å². The van der Waals surface area contributed by atoms with Crippen molar-refractivity contribution in [1.82, 2.24) is 15.0 Å². The van der Waals surface area contributed by atoms with E-state index in [2.05, 4.69) is 20.9 Å². The van der Waals surface area contributed by atoms with E-state index in [1.807, 2.05) is 5.43 Å². The third kappa shape index (κ3) is 3.31. The van der Waals surface area contributed by atoms with Gasteiger partial charge in [-0.25, -0.2) is 10.6 Å². The van der Waals surface area contributed by atoms with E-state index in [4.69, 9.17) is 5.84 Å². The Morgan fingerprint density at radius 1 is 1.56 bits per heavy atom. The van der Waals surface area contributed by atoms with Gasteiger partial charge in [-0.05, 0) is 22.4 Å². The van der Waals surface area contributed by atoms with Crippen LogP contribution in [0.5, 0.6) is 0 Å². The van der Waals surface area contributed by atoms with Crippen LogP contribution in [0.15, 0.2) is 20.3 Å². The number of aryl methyl sites for hydroxylation is 1. The van der Waals surface area contributed by atoms with Gasteiger partial charge in [0.15, 0.2) is 0 Å². The summed E-state index contributed by atoms with van der Waals surface area (Å²) in [5.41, 5.74) is 1.02. The van der Waals surface area contributed by atoms with Crippen LogP contribution >= 0.6 is 15.9 Å². The van der Waals surface area contributed by atoms with Crippen molar-refractivity contribution in [3.05, 3.63) is 31.5 Å². The van der Waals surface area contributed by atoms with Crippen LogP contribution in [-0.4, -0.2) is 15.5 Å². The fraction of sp³-hybridized carbons (Fsp3) is 0.375. The molecule has 1 amide bonds. The Morgan fingerprint density at radius 2 is 2.25 bits per heavy atom. The number of aromatic amines is 1. The Bertz CT molecular complexity index is 493. The van der Waals surface area contributed by atoms with Gasteiger partial charge >= 0.3 is 5.69 Å². The number of nitrogens with one attached hydrogen (secondary N) is 2. The highest BCUT2D eigenvalue weighted by Gasteiger charge is 2.03. The highest BCUT2D eigenvalue weighted by Crippen LogP contribution is 1.99. The predicted molar refractivity (Wildman–Crippen MR) is 60.6 cm³/mol. The number of carbonyl (C=O) groups excluding carboxylic acids is 1. The lowest BCUT2D eigenvalue weighted by atomic mass is 10.3. The van der Waals surface area contributed by atoms with Crippen molar-refractivity contribution < 1.29 is 4.79 Å². The first-order chi connectivity index (χ1) is 7.54. The van der Waals surface area contributed by atoms with E-state index in [-0.39, 0.29) is 16.8 Å². The SMILES string of the molecule is NNC(=O)CCCn1cc(Br)c(=O)[nH]c1=O. The lowest BCUT2D eigenvalue weighted by molar-refractivity contribution is -0.121. The minimum absolute atomic E-state index is 0.222. The lowest BCUT2D eigenvalue weighted by Gasteiger charge is -2.04. The predicted octanol–water partition coefficient (Wildman–Crippen LogP) is -0.931. The molecule has 16 heavy (non-hydrogen) atoms. The van der Waals surface area contributed by atoms with Crippen LogP contribution in [0.2, 0.25) is 0 Å². The number of hydrazine groups is 1. The maximum Gasteiger partial charge on any atom is 0.328 e. The molecular weight excluding hydrogens is 280 g/mol. The van der Waals surface area contributed by atoms with Crippen molar-refractivity contribution in [2.24, 2.45) is 5.84 Å². The fourth-order valence-corrected chi connectivity index (χ4v) is 1.48. The van der Waals surface area contributed by atoms with Crippen LogP contribution in [-0.2, 0) is 11.3 Å². The van der Waals surface area contributed by atoms with Crippen molar-refractivity contribution in [1.29, 1.82) is 0 Å². The molecule has 1 heterocycles. The quantitative estimate of drug-likeness (QED) is 0.378. The standard InChI is InChI=1S/C8H11BrN4O3/c9-5-4-13(8(16)11-7(5)15)3-1-2-6(14)12-10/h4H,1-3,10H2,(H,12,14)(H,11,15,16). The molecule has 0 spiro atoms. The smallest absolute Gasteiger partial charge is 0.299 e. The molecule has 0 atom stereocenters. The Morgan fingerprint density at radius 3 is 2.88 bits per heavy atom. The minimum atomic E-state index is -0.499. The van der Waals surface area contributed by atoms with Crippen LogP contribution in [0.4, 0.5) is 0 Å². The molecular formula is C8H11BrN4O3. The normalized spacial score (nSPS) is 10.1. The van der Waals surface area contributed by atoms with Gasteiger partial charge in [-0.3, -0.25) is 24.6 Å². The van der Waals surface area contributed by atoms with Gasteiger partial charge < -0.3 is 0 Å². The number of hydrogen-bond acceptors (Lipinski definition) is 4. The van der Waals surface area contributed by atoms with Gasteiger partial charge in [0.2, 0.25) is 5.91 Å². The van der Waals surface area contributed by atoms with Crippen molar-refractivity contribution >= 4 is 21.8 Å². The third-order valence-electron chi connectivity index (χ3n) is 1.93. The Labute approximate surface area is 98.8 Å². The summed E-state index contributed by atoms with van der Waals surface area (Å²) in [4.78, 5) is 35.3. The third-order valence-corrected chi connectivity index (χ3v) is 2.50. The molecule has 0 bridgehead atoms. The number of carbonyl (C=O) groups is 1. The summed E-state index contributed by atoms with van der Waals surface area (Å²) < 4.78 is 1.59. The molecule has 0 radical (unpaired) electrons. The largest absolute Gasteiger partial charge is 0.328 e. The molecule has 0 aliphatic carbocycles. The van der Waals surface area contributed by atoms with E-state index in [0.29, 0.717) is 13.0 Å². The summed E-state index contributed by atoms with van der Waals surface area (Å²) in [6, 6.07) is 0. The summed E-state index contributed by atoms with van der Waals surface area (Å²) in [6.45, 7) is 0.335. The number of nitrogens with two attached hydrogens (primary N) is 1. The van der Waals surface area contributed by atoms with Crippen LogP contribution in [0, 0.1) is 0 Å². The second kappa shape index (κ2) is 5.61. The van der Waals surface area contributed by atoms with Crippen molar-refractivity contribution in [3.63, 3.8) is 0 Å². The number of aromatic nitrogens is 2. The highest BCUT2D eigenvalue weighted by atomic mass is 79.9. The zero-order valence-corrected chi connectivity index (χ0v) is 9.91. The first-order valence-electron chi connectivity index (χ1n) is 4.53.